The fraction of sp³-hybridized carbons (Fsp3) is 0.261. The molecule has 0 unspecified atom stereocenters. The van der Waals surface area contributed by atoms with E-state index >= 15 is 0 Å². The summed E-state index contributed by atoms with van der Waals surface area (Å²) in [4.78, 5) is 32.0. The highest BCUT2D eigenvalue weighted by molar-refractivity contribution is 5.73. The predicted octanol–water partition coefficient (Wildman–Crippen LogP) is 2.01. The Morgan fingerprint density at radius 3 is 2.36 bits per heavy atom. The molecule has 0 atom stereocenters. The van der Waals surface area contributed by atoms with Crippen molar-refractivity contribution in [2.45, 2.75) is 6.42 Å². The lowest BCUT2D eigenvalue weighted by Gasteiger charge is -2.11. The first-order valence-electron chi connectivity index (χ1n) is 10.4. The Morgan fingerprint density at radius 2 is 1.70 bits per heavy atom. The van der Waals surface area contributed by atoms with Gasteiger partial charge >= 0.3 is 5.69 Å². The predicted molar refractivity (Wildman–Crippen MR) is 122 cm³/mol. The van der Waals surface area contributed by atoms with Crippen LogP contribution in [-0.4, -0.2) is 56.5 Å². The van der Waals surface area contributed by atoms with Crippen LogP contribution in [0.3, 0.4) is 0 Å². The molecule has 0 saturated carbocycles. The lowest BCUT2D eigenvalue weighted by Crippen LogP contribution is -2.38. The van der Waals surface area contributed by atoms with Crippen LogP contribution in [0, 0.1) is 5.82 Å². The van der Waals surface area contributed by atoms with Gasteiger partial charge in [-0.3, -0.25) is 9.36 Å². The van der Waals surface area contributed by atoms with E-state index in [4.69, 9.17) is 4.74 Å². The van der Waals surface area contributed by atoms with Crippen molar-refractivity contribution >= 4 is 11.2 Å². The van der Waals surface area contributed by atoms with Crippen molar-refractivity contribution in [1.29, 1.82) is 0 Å². The van der Waals surface area contributed by atoms with Crippen LogP contribution >= 0.6 is 0 Å². The summed E-state index contributed by atoms with van der Waals surface area (Å²) < 4.78 is 21.2. The smallest absolute Gasteiger partial charge is 0.337 e. The van der Waals surface area contributed by atoms with Crippen LogP contribution in [0.4, 0.5) is 4.39 Å². The minimum atomic E-state index is -0.626. The van der Waals surface area contributed by atoms with Gasteiger partial charge in [0.05, 0.1) is 12.3 Å². The molecule has 4 rings (SSSR count). The van der Waals surface area contributed by atoms with E-state index in [2.05, 4.69) is 20.1 Å². The summed E-state index contributed by atoms with van der Waals surface area (Å²) in [5.74, 6) is 0.507. The molecule has 0 spiro atoms. The maximum atomic E-state index is 13.4. The third kappa shape index (κ3) is 4.65. The van der Waals surface area contributed by atoms with E-state index in [0.29, 0.717) is 23.6 Å². The van der Waals surface area contributed by atoms with E-state index in [0.717, 1.165) is 17.5 Å². The summed E-state index contributed by atoms with van der Waals surface area (Å²) in [5.41, 5.74) is -0.243. The van der Waals surface area contributed by atoms with Gasteiger partial charge < -0.3 is 9.64 Å². The molecule has 0 bridgehead atoms. The van der Waals surface area contributed by atoms with E-state index in [1.807, 2.05) is 14.1 Å². The maximum Gasteiger partial charge on any atom is 0.337 e. The fourth-order valence-electron chi connectivity index (χ4n) is 3.32. The first-order chi connectivity index (χ1) is 15.8. The monoisotopic (exact) mass is 450 g/mol. The third-order valence-corrected chi connectivity index (χ3v) is 5.08. The summed E-state index contributed by atoms with van der Waals surface area (Å²) in [5, 5.41) is 8.25. The molecule has 0 aliphatic carbocycles. The Kier molecular flexibility index (Phi) is 6.27. The van der Waals surface area contributed by atoms with E-state index in [1.165, 1.54) is 35.9 Å². The minimum Gasteiger partial charge on any atom is -0.494 e. The molecule has 2 aromatic heterocycles. The zero-order chi connectivity index (χ0) is 23.5. The summed E-state index contributed by atoms with van der Waals surface area (Å²) in [6.45, 7) is 1.54. The first kappa shape index (κ1) is 22.3. The normalized spacial score (nSPS) is 11.3. The highest BCUT2D eigenvalue weighted by atomic mass is 19.1. The molecule has 170 valence electrons. The molecule has 2 aromatic carbocycles. The van der Waals surface area contributed by atoms with Gasteiger partial charge in [0.25, 0.3) is 5.56 Å². The average Bonchev–Trinajstić information content (AvgIpc) is 2.82. The molecule has 4 aromatic rings. The average molecular weight is 450 g/mol. The molecule has 0 aliphatic rings. The van der Waals surface area contributed by atoms with Gasteiger partial charge in [-0.2, -0.15) is 0 Å². The highest BCUT2D eigenvalue weighted by Gasteiger charge is 2.17. The van der Waals surface area contributed by atoms with Gasteiger partial charge in [-0.05, 0) is 69.0 Å². The first-order valence-corrected chi connectivity index (χ1v) is 10.4. The van der Waals surface area contributed by atoms with Crippen LogP contribution in [0.25, 0.3) is 28.2 Å². The molecule has 33 heavy (non-hydrogen) atoms. The van der Waals surface area contributed by atoms with Crippen LogP contribution in [0.2, 0.25) is 0 Å². The molecule has 0 fully saturated rings. The van der Waals surface area contributed by atoms with Crippen LogP contribution in [0.15, 0.2) is 58.1 Å². The molecule has 10 heteroatoms. The van der Waals surface area contributed by atoms with Crippen molar-refractivity contribution < 1.29 is 9.13 Å². The van der Waals surface area contributed by atoms with Crippen molar-refractivity contribution in [2.75, 3.05) is 27.2 Å². The Hall–Kier alpha value is -3.92. The van der Waals surface area contributed by atoms with Crippen LogP contribution in [-0.2, 0) is 7.05 Å². The quantitative estimate of drug-likeness (QED) is 0.398. The van der Waals surface area contributed by atoms with Crippen molar-refractivity contribution in [3.05, 3.63) is 75.2 Å². The van der Waals surface area contributed by atoms with Crippen LogP contribution < -0.4 is 16.0 Å². The van der Waals surface area contributed by atoms with Gasteiger partial charge in [0.15, 0.2) is 17.0 Å². The molecule has 0 amide bonds. The van der Waals surface area contributed by atoms with Crippen LogP contribution in [0.1, 0.15) is 6.42 Å². The van der Waals surface area contributed by atoms with Crippen molar-refractivity contribution in [3.8, 4) is 22.8 Å². The lowest BCUT2D eigenvalue weighted by atomic mass is 10.2. The standard InChI is InChI=1S/C23H23FN6O3/c1-28(2)13-4-14-33-18-11-5-15(6-12-18)20-25-19-21(27-26-20)30(23(32)29(3)22(19)31)17-9-7-16(24)8-10-17/h5-12H,4,13-14H2,1-3H3. The number of hydrogen-bond donors (Lipinski definition) is 0. The van der Waals surface area contributed by atoms with E-state index in [1.54, 1.807) is 24.3 Å². The molecule has 9 nitrogen and oxygen atoms in total. The largest absolute Gasteiger partial charge is 0.494 e. The zero-order valence-electron chi connectivity index (χ0n) is 18.5. The van der Waals surface area contributed by atoms with E-state index < -0.39 is 17.1 Å². The minimum absolute atomic E-state index is 0.000645. The number of aromatic nitrogens is 5. The van der Waals surface area contributed by atoms with E-state index in [9.17, 15) is 14.0 Å². The van der Waals surface area contributed by atoms with Crippen molar-refractivity contribution in [3.63, 3.8) is 0 Å². The number of hydrogen-bond acceptors (Lipinski definition) is 7. The van der Waals surface area contributed by atoms with Crippen molar-refractivity contribution in [2.24, 2.45) is 7.05 Å². The molecular formula is C23H23FN6O3. The number of halogens is 1. The second kappa shape index (κ2) is 9.29. The number of rotatable bonds is 7. The van der Waals surface area contributed by atoms with Crippen LogP contribution in [0.5, 0.6) is 5.75 Å². The molecule has 0 radical (unpaired) electrons. The lowest BCUT2D eigenvalue weighted by molar-refractivity contribution is 0.281. The fourth-order valence-corrected chi connectivity index (χ4v) is 3.32. The molecule has 2 heterocycles. The van der Waals surface area contributed by atoms with Gasteiger partial charge in [0, 0.05) is 19.2 Å². The van der Waals surface area contributed by atoms with Gasteiger partial charge in [-0.15, -0.1) is 10.2 Å². The summed E-state index contributed by atoms with van der Waals surface area (Å²) in [6, 6.07) is 12.5. The summed E-state index contributed by atoms with van der Waals surface area (Å²) in [7, 11) is 5.38. The Bertz CT molecular complexity index is 1400. The summed E-state index contributed by atoms with van der Waals surface area (Å²) in [6.07, 6.45) is 0.908. The second-order valence-electron chi connectivity index (χ2n) is 7.80. The molecule has 0 N–H and O–H groups in total. The zero-order valence-corrected chi connectivity index (χ0v) is 18.5. The summed E-state index contributed by atoms with van der Waals surface area (Å²) >= 11 is 0. The Labute approximate surface area is 188 Å². The number of nitrogens with zero attached hydrogens (tertiary/aromatic N) is 6. The topological polar surface area (TPSA) is 95.1 Å². The highest BCUT2D eigenvalue weighted by Crippen LogP contribution is 2.20. The number of ether oxygens (including phenoxy) is 1. The SMILES string of the molecule is CN(C)CCCOc1ccc(-c2nnc3c(n2)c(=O)n(C)c(=O)n3-c2ccc(F)cc2)cc1. The van der Waals surface area contributed by atoms with Gasteiger partial charge in [0.2, 0.25) is 0 Å². The Morgan fingerprint density at radius 1 is 1.00 bits per heavy atom. The maximum absolute atomic E-state index is 13.4. The number of benzene rings is 2. The molecule has 0 aliphatic heterocycles. The Balaban J connectivity index is 1.69. The third-order valence-electron chi connectivity index (χ3n) is 5.08. The van der Waals surface area contributed by atoms with Crippen molar-refractivity contribution in [1.82, 2.24) is 29.2 Å². The number of fused-ring (bicyclic) bond motifs is 1. The van der Waals surface area contributed by atoms with Gasteiger partial charge in [0.1, 0.15) is 11.6 Å². The van der Waals surface area contributed by atoms with Gasteiger partial charge in [-0.1, -0.05) is 0 Å². The molecule has 0 saturated heterocycles. The molecular weight excluding hydrogens is 427 g/mol. The second-order valence-corrected chi connectivity index (χ2v) is 7.80. The van der Waals surface area contributed by atoms with E-state index in [-0.39, 0.29) is 17.0 Å². The van der Waals surface area contributed by atoms with Gasteiger partial charge in [-0.25, -0.2) is 18.7 Å².